The highest BCUT2D eigenvalue weighted by Gasteiger charge is 2.32. The van der Waals surface area contributed by atoms with E-state index in [9.17, 15) is 0 Å². The van der Waals surface area contributed by atoms with E-state index in [0.29, 0.717) is 6.04 Å². The molecular formula is C19H24N2. The quantitative estimate of drug-likeness (QED) is 0.895. The number of benzene rings is 2. The minimum absolute atomic E-state index is 0.182. The molecule has 0 fully saturated rings. The molecule has 2 N–H and O–H groups in total. The van der Waals surface area contributed by atoms with Crippen molar-refractivity contribution in [1.29, 1.82) is 0 Å². The summed E-state index contributed by atoms with van der Waals surface area (Å²) in [4.78, 5) is 2.58. The highest BCUT2D eigenvalue weighted by Crippen LogP contribution is 2.41. The predicted molar refractivity (Wildman–Crippen MR) is 87.9 cm³/mol. The summed E-state index contributed by atoms with van der Waals surface area (Å²) in [6, 6.07) is 20.0. The number of nitrogens with two attached hydrogens (primary N) is 1. The van der Waals surface area contributed by atoms with Crippen molar-refractivity contribution < 1.29 is 0 Å². The molecule has 0 saturated carbocycles. The van der Waals surface area contributed by atoms with Crippen molar-refractivity contribution in [2.75, 3.05) is 6.54 Å². The van der Waals surface area contributed by atoms with Gasteiger partial charge in [-0.2, -0.15) is 0 Å². The molecule has 2 aromatic carbocycles. The van der Waals surface area contributed by atoms with Gasteiger partial charge in [-0.05, 0) is 36.1 Å². The first-order valence-corrected chi connectivity index (χ1v) is 7.92. The SMILES string of the molecule is CCCN(Cc1ccccc1)C1CC(N)c2ccccc21. The molecule has 0 aromatic heterocycles. The molecule has 21 heavy (non-hydrogen) atoms. The number of rotatable bonds is 5. The van der Waals surface area contributed by atoms with Gasteiger partial charge in [-0.25, -0.2) is 0 Å². The third-order valence-electron chi connectivity index (χ3n) is 4.41. The average Bonchev–Trinajstić information content (AvgIpc) is 2.86. The van der Waals surface area contributed by atoms with Gasteiger partial charge in [-0.3, -0.25) is 4.90 Å². The van der Waals surface area contributed by atoms with Crippen LogP contribution in [-0.4, -0.2) is 11.4 Å². The molecule has 1 aliphatic carbocycles. The second-order valence-corrected chi connectivity index (χ2v) is 5.94. The Morgan fingerprint density at radius 3 is 2.38 bits per heavy atom. The third kappa shape index (κ3) is 3.02. The Morgan fingerprint density at radius 2 is 1.67 bits per heavy atom. The predicted octanol–water partition coefficient (Wildman–Crippen LogP) is 4.04. The number of fused-ring (bicyclic) bond motifs is 1. The maximum absolute atomic E-state index is 6.34. The van der Waals surface area contributed by atoms with Crippen LogP contribution >= 0.6 is 0 Å². The van der Waals surface area contributed by atoms with Gasteiger partial charge in [0.2, 0.25) is 0 Å². The van der Waals surface area contributed by atoms with E-state index in [1.54, 1.807) is 0 Å². The lowest BCUT2D eigenvalue weighted by atomic mass is 10.1. The van der Waals surface area contributed by atoms with Crippen LogP contribution in [0.4, 0.5) is 0 Å². The number of nitrogens with zero attached hydrogens (tertiary/aromatic N) is 1. The largest absolute Gasteiger partial charge is 0.324 e. The van der Waals surface area contributed by atoms with Gasteiger partial charge in [0.05, 0.1) is 0 Å². The molecule has 2 aromatic rings. The van der Waals surface area contributed by atoms with Gasteiger partial charge in [-0.1, -0.05) is 61.5 Å². The number of hydrogen-bond donors (Lipinski definition) is 1. The molecule has 0 heterocycles. The van der Waals surface area contributed by atoms with E-state index in [1.165, 1.54) is 23.1 Å². The van der Waals surface area contributed by atoms with Crippen LogP contribution in [0, 0.1) is 0 Å². The molecule has 3 rings (SSSR count). The molecule has 0 bridgehead atoms. The van der Waals surface area contributed by atoms with E-state index < -0.39 is 0 Å². The van der Waals surface area contributed by atoms with Crippen molar-refractivity contribution in [2.45, 2.75) is 38.4 Å². The lowest BCUT2D eigenvalue weighted by Crippen LogP contribution is -2.28. The fourth-order valence-corrected chi connectivity index (χ4v) is 3.44. The van der Waals surface area contributed by atoms with Gasteiger partial charge in [-0.15, -0.1) is 0 Å². The number of hydrogen-bond acceptors (Lipinski definition) is 2. The van der Waals surface area contributed by atoms with Gasteiger partial charge >= 0.3 is 0 Å². The van der Waals surface area contributed by atoms with E-state index in [1.807, 2.05) is 0 Å². The monoisotopic (exact) mass is 280 g/mol. The topological polar surface area (TPSA) is 29.3 Å². The Bertz CT molecular complexity index is 579. The zero-order valence-corrected chi connectivity index (χ0v) is 12.7. The molecule has 0 radical (unpaired) electrons. The molecule has 0 saturated heterocycles. The van der Waals surface area contributed by atoms with E-state index in [-0.39, 0.29) is 6.04 Å². The van der Waals surface area contributed by atoms with E-state index in [4.69, 9.17) is 5.73 Å². The summed E-state index contributed by atoms with van der Waals surface area (Å²) >= 11 is 0. The zero-order chi connectivity index (χ0) is 14.7. The van der Waals surface area contributed by atoms with Crippen LogP contribution in [0.3, 0.4) is 0 Å². The van der Waals surface area contributed by atoms with Crippen molar-refractivity contribution >= 4 is 0 Å². The first-order chi connectivity index (χ1) is 10.3. The summed E-state index contributed by atoms with van der Waals surface area (Å²) in [7, 11) is 0. The lowest BCUT2D eigenvalue weighted by Gasteiger charge is -2.29. The summed E-state index contributed by atoms with van der Waals surface area (Å²) < 4.78 is 0. The summed E-state index contributed by atoms with van der Waals surface area (Å²) in [6.07, 6.45) is 2.20. The average molecular weight is 280 g/mol. The van der Waals surface area contributed by atoms with Gasteiger partial charge in [0.15, 0.2) is 0 Å². The Hall–Kier alpha value is -1.64. The normalized spacial score (nSPS) is 20.7. The van der Waals surface area contributed by atoms with Crippen molar-refractivity contribution in [3.05, 3.63) is 71.3 Å². The zero-order valence-electron chi connectivity index (χ0n) is 12.7. The Morgan fingerprint density at radius 1 is 1.00 bits per heavy atom. The summed E-state index contributed by atoms with van der Waals surface area (Å²) in [5, 5.41) is 0. The summed E-state index contributed by atoms with van der Waals surface area (Å²) in [6.45, 7) is 4.36. The molecule has 2 atom stereocenters. The Kier molecular flexibility index (Phi) is 4.37. The minimum atomic E-state index is 0.182. The maximum atomic E-state index is 6.34. The minimum Gasteiger partial charge on any atom is -0.324 e. The molecule has 0 spiro atoms. The first-order valence-electron chi connectivity index (χ1n) is 7.92. The molecule has 0 amide bonds. The van der Waals surface area contributed by atoms with Crippen molar-refractivity contribution in [1.82, 2.24) is 4.90 Å². The van der Waals surface area contributed by atoms with Crippen LogP contribution in [0.1, 0.15) is 48.5 Å². The third-order valence-corrected chi connectivity index (χ3v) is 4.41. The van der Waals surface area contributed by atoms with Gasteiger partial charge in [0.1, 0.15) is 0 Å². The fraction of sp³-hybridized carbons (Fsp3) is 0.368. The van der Waals surface area contributed by atoms with Crippen molar-refractivity contribution in [3.63, 3.8) is 0 Å². The smallest absolute Gasteiger partial charge is 0.0373 e. The molecule has 0 aliphatic heterocycles. The Balaban J connectivity index is 1.85. The van der Waals surface area contributed by atoms with Gasteiger partial charge < -0.3 is 5.73 Å². The second-order valence-electron chi connectivity index (χ2n) is 5.94. The molecular weight excluding hydrogens is 256 g/mol. The van der Waals surface area contributed by atoms with Crippen LogP contribution in [-0.2, 0) is 6.54 Å². The molecule has 2 nitrogen and oxygen atoms in total. The highest BCUT2D eigenvalue weighted by atomic mass is 15.2. The molecule has 2 heteroatoms. The molecule has 110 valence electrons. The van der Waals surface area contributed by atoms with E-state index in [0.717, 1.165) is 19.5 Å². The van der Waals surface area contributed by atoms with Crippen LogP contribution in [0.25, 0.3) is 0 Å². The fourth-order valence-electron chi connectivity index (χ4n) is 3.44. The van der Waals surface area contributed by atoms with Gasteiger partial charge in [0, 0.05) is 18.6 Å². The Labute approximate surface area is 127 Å². The molecule has 2 unspecified atom stereocenters. The van der Waals surface area contributed by atoms with Crippen molar-refractivity contribution in [2.24, 2.45) is 5.73 Å². The lowest BCUT2D eigenvalue weighted by molar-refractivity contribution is 0.183. The summed E-state index contributed by atoms with van der Waals surface area (Å²) in [5.41, 5.74) is 10.5. The second kappa shape index (κ2) is 6.42. The van der Waals surface area contributed by atoms with Crippen molar-refractivity contribution in [3.8, 4) is 0 Å². The maximum Gasteiger partial charge on any atom is 0.0373 e. The van der Waals surface area contributed by atoms with Crippen LogP contribution < -0.4 is 5.73 Å². The highest BCUT2D eigenvalue weighted by molar-refractivity contribution is 5.37. The molecule has 1 aliphatic rings. The van der Waals surface area contributed by atoms with Crippen LogP contribution in [0.2, 0.25) is 0 Å². The van der Waals surface area contributed by atoms with Crippen LogP contribution in [0.15, 0.2) is 54.6 Å². The van der Waals surface area contributed by atoms with Crippen LogP contribution in [0.5, 0.6) is 0 Å². The van der Waals surface area contributed by atoms with E-state index in [2.05, 4.69) is 66.4 Å². The standard InChI is InChI=1S/C19H24N2/c1-2-12-21(14-15-8-4-3-5-9-15)19-13-18(20)16-10-6-7-11-17(16)19/h3-11,18-19H,2,12-14,20H2,1H3. The summed E-state index contributed by atoms with van der Waals surface area (Å²) in [5.74, 6) is 0. The first kappa shape index (κ1) is 14.3. The van der Waals surface area contributed by atoms with E-state index >= 15 is 0 Å². The van der Waals surface area contributed by atoms with Gasteiger partial charge in [0.25, 0.3) is 0 Å².